The number of hydrogen-bond donors (Lipinski definition) is 1. The third-order valence-corrected chi connectivity index (χ3v) is 5.52. The minimum absolute atomic E-state index is 0.125. The van der Waals surface area contributed by atoms with Crippen molar-refractivity contribution in [2.75, 3.05) is 25.6 Å². The van der Waals surface area contributed by atoms with Crippen LogP contribution in [0.15, 0.2) is 41.5 Å². The molecule has 166 valence electrons. The van der Waals surface area contributed by atoms with Gasteiger partial charge >= 0.3 is 0 Å². The average Bonchev–Trinajstić information content (AvgIpc) is 3.21. The summed E-state index contributed by atoms with van der Waals surface area (Å²) in [6.07, 6.45) is 3.20. The molecule has 0 radical (unpaired) electrons. The molecule has 1 N–H and O–H groups in total. The zero-order valence-electron chi connectivity index (χ0n) is 17.9. The van der Waals surface area contributed by atoms with Crippen LogP contribution >= 0.6 is 23.2 Å². The van der Waals surface area contributed by atoms with Crippen molar-refractivity contribution < 1.29 is 14.3 Å². The number of rotatable bonds is 8. The van der Waals surface area contributed by atoms with Crippen LogP contribution in [0.1, 0.15) is 32.3 Å². The fourth-order valence-electron chi connectivity index (χ4n) is 3.27. The molecule has 3 rings (SSSR count). The second-order valence-electron chi connectivity index (χ2n) is 7.76. The van der Waals surface area contributed by atoms with E-state index < -0.39 is 0 Å². The van der Waals surface area contributed by atoms with E-state index in [1.54, 1.807) is 54.7 Å². The minimum Gasteiger partial charge on any atom is -0.493 e. The van der Waals surface area contributed by atoms with Gasteiger partial charge in [-0.25, -0.2) is 0 Å². The molecule has 0 spiro atoms. The maximum atomic E-state index is 13.0. The predicted octanol–water partition coefficient (Wildman–Crippen LogP) is 5.47. The number of methoxy groups -OCH3 is 1. The first kappa shape index (κ1) is 23.2. The molecule has 1 aliphatic heterocycles. The highest BCUT2D eigenvalue weighted by atomic mass is 35.5. The predicted molar refractivity (Wildman–Crippen MR) is 126 cm³/mol. The van der Waals surface area contributed by atoms with Gasteiger partial charge in [-0.05, 0) is 43.0 Å². The van der Waals surface area contributed by atoms with Crippen molar-refractivity contribution in [3.8, 4) is 11.5 Å². The molecule has 8 heteroatoms. The maximum Gasteiger partial charge on any atom is 0.248 e. The maximum absolute atomic E-state index is 13.0. The topological polar surface area (TPSA) is 63.2 Å². The van der Waals surface area contributed by atoms with Gasteiger partial charge in [0.2, 0.25) is 5.91 Å². The normalized spacial score (nSPS) is 16.2. The van der Waals surface area contributed by atoms with E-state index in [1.165, 1.54) is 0 Å². The van der Waals surface area contributed by atoms with Crippen molar-refractivity contribution in [2.45, 2.75) is 32.7 Å². The molecular formula is C23H27Cl2N3O3. The van der Waals surface area contributed by atoms with Crippen LogP contribution in [-0.4, -0.2) is 43.4 Å². The fraction of sp³-hybridized carbons (Fsp3) is 0.391. The Morgan fingerprint density at radius 2 is 2.00 bits per heavy atom. The van der Waals surface area contributed by atoms with Gasteiger partial charge in [-0.3, -0.25) is 9.80 Å². The van der Waals surface area contributed by atoms with Gasteiger partial charge in [0.1, 0.15) is 6.04 Å². The second kappa shape index (κ2) is 10.7. The molecule has 0 bridgehead atoms. The van der Waals surface area contributed by atoms with Crippen LogP contribution in [0.2, 0.25) is 10.0 Å². The lowest BCUT2D eigenvalue weighted by molar-refractivity contribution is -0.120. The van der Waals surface area contributed by atoms with Crippen LogP contribution in [0.3, 0.4) is 0 Å². The number of amides is 1. The minimum atomic E-state index is -0.375. The molecule has 1 unspecified atom stereocenters. The van der Waals surface area contributed by atoms with E-state index in [1.807, 2.05) is 0 Å². The van der Waals surface area contributed by atoms with Gasteiger partial charge in [0.15, 0.2) is 11.5 Å². The van der Waals surface area contributed by atoms with Crippen LogP contribution < -0.4 is 14.8 Å². The van der Waals surface area contributed by atoms with E-state index in [4.69, 9.17) is 32.7 Å². The fourth-order valence-corrected chi connectivity index (χ4v) is 3.77. The largest absolute Gasteiger partial charge is 0.493 e. The summed E-state index contributed by atoms with van der Waals surface area (Å²) >= 11 is 12.4. The van der Waals surface area contributed by atoms with Crippen LogP contribution in [-0.2, 0) is 4.79 Å². The number of nitrogens with one attached hydrogen (secondary N) is 1. The third-order valence-electron chi connectivity index (χ3n) is 4.87. The standard InChI is InChI=1S/C23H27Cl2N3O3/c1-15(2)14-31-22-12-16(9-10-21(22)30-3)27-23(29)20-8-5-11-28(20)26-13-17-18(24)6-4-7-19(17)25/h4,6-7,9-10,12-13,15,20H,5,8,11,14H2,1-3H3,(H,27,29)/b26-13+. The highest BCUT2D eigenvalue weighted by Crippen LogP contribution is 2.31. The van der Waals surface area contributed by atoms with Gasteiger partial charge in [-0.15, -0.1) is 0 Å². The van der Waals surface area contributed by atoms with Gasteiger partial charge in [0.05, 0.1) is 30.0 Å². The highest BCUT2D eigenvalue weighted by Gasteiger charge is 2.30. The Morgan fingerprint density at radius 1 is 1.26 bits per heavy atom. The van der Waals surface area contributed by atoms with Gasteiger partial charge in [-0.2, -0.15) is 5.10 Å². The van der Waals surface area contributed by atoms with Crippen LogP contribution in [0.4, 0.5) is 5.69 Å². The first-order chi connectivity index (χ1) is 14.9. The highest BCUT2D eigenvalue weighted by molar-refractivity contribution is 6.38. The molecule has 0 aliphatic carbocycles. The Balaban J connectivity index is 1.70. The first-order valence-electron chi connectivity index (χ1n) is 10.3. The van der Waals surface area contributed by atoms with Gasteiger partial charge in [0, 0.05) is 23.9 Å². The number of nitrogens with zero attached hydrogens (tertiary/aromatic N) is 2. The zero-order chi connectivity index (χ0) is 22.4. The van der Waals surface area contributed by atoms with Crippen LogP contribution in [0.25, 0.3) is 0 Å². The number of anilines is 1. The van der Waals surface area contributed by atoms with E-state index >= 15 is 0 Å². The SMILES string of the molecule is COc1ccc(NC(=O)C2CCCN2/N=C/c2c(Cl)cccc2Cl)cc1OCC(C)C. The summed E-state index contributed by atoms with van der Waals surface area (Å²) in [6, 6.07) is 10.3. The van der Waals surface area contributed by atoms with Crippen molar-refractivity contribution in [3.05, 3.63) is 52.0 Å². The number of hydrogen-bond acceptors (Lipinski definition) is 5. The van der Waals surface area contributed by atoms with Gasteiger partial charge in [-0.1, -0.05) is 43.1 Å². The first-order valence-corrected chi connectivity index (χ1v) is 11.0. The Kier molecular flexibility index (Phi) is 8.04. The number of carbonyl (C=O) groups excluding carboxylic acids is 1. The number of carbonyl (C=O) groups is 1. The van der Waals surface area contributed by atoms with E-state index in [2.05, 4.69) is 24.3 Å². The molecule has 0 saturated carbocycles. The summed E-state index contributed by atoms with van der Waals surface area (Å²) in [6.45, 7) is 5.39. The molecular weight excluding hydrogens is 437 g/mol. The summed E-state index contributed by atoms with van der Waals surface area (Å²) < 4.78 is 11.2. The molecule has 31 heavy (non-hydrogen) atoms. The lowest BCUT2D eigenvalue weighted by atomic mass is 10.2. The Labute approximate surface area is 193 Å². The van der Waals surface area contributed by atoms with E-state index in [-0.39, 0.29) is 11.9 Å². The molecule has 1 amide bonds. The van der Waals surface area contributed by atoms with E-state index in [0.717, 1.165) is 6.42 Å². The molecule has 2 aromatic carbocycles. The van der Waals surface area contributed by atoms with Crippen LogP contribution in [0.5, 0.6) is 11.5 Å². The quantitative estimate of drug-likeness (QED) is 0.526. The summed E-state index contributed by atoms with van der Waals surface area (Å²) in [5.74, 6) is 1.48. The average molecular weight is 464 g/mol. The van der Waals surface area contributed by atoms with Crippen molar-refractivity contribution in [3.63, 3.8) is 0 Å². The summed E-state index contributed by atoms with van der Waals surface area (Å²) in [4.78, 5) is 13.0. The Hall–Kier alpha value is -2.44. The second-order valence-corrected chi connectivity index (χ2v) is 8.58. The van der Waals surface area contributed by atoms with Crippen LogP contribution in [0, 0.1) is 5.92 Å². The number of ether oxygens (including phenoxy) is 2. The van der Waals surface area contributed by atoms with Gasteiger partial charge < -0.3 is 14.8 Å². The molecule has 1 saturated heterocycles. The molecule has 1 fully saturated rings. The molecule has 6 nitrogen and oxygen atoms in total. The molecule has 0 aromatic heterocycles. The number of halogens is 2. The lowest BCUT2D eigenvalue weighted by Crippen LogP contribution is -2.36. The van der Waals surface area contributed by atoms with E-state index in [9.17, 15) is 4.79 Å². The number of hydrazone groups is 1. The number of benzene rings is 2. The zero-order valence-corrected chi connectivity index (χ0v) is 19.4. The summed E-state index contributed by atoms with van der Waals surface area (Å²) in [7, 11) is 1.59. The third kappa shape index (κ3) is 6.05. The van der Waals surface area contributed by atoms with E-state index in [0.29, 0.717) is 58.3 Å². The van der Waals surface area contributed by atoms with Crippen molar-refractivity contribution in [1.82, 2.24) is 5.01 Å². The molecule has 1 heterocycles. The van der Waals surface area contributed by atoms with Gasteiger partial charge in [0.25, 0.3) is 0 Å². The Morgan fingerprint density at radius 3 is 2.68 bits per heavy atom. The van der Waals surface area contributed by atoms with Crippen molar-refractivity contribution in [1.29, 1.82) is 0 Å². The summed E-state index contributed by atoms with van der Waals surface area (Å²) in [5, 5.41) is 10.3. The van der Waals surface area contributed by atoms with Crippen molar-refractivity contribution >= 4 is 41.0 Å². The monoisotopic (exact) mass is 463 g/mol. The molecule has 1 atom stereocenters. The molecule has 1 aliphatic rings. The smallest absolute Gasteiger partial charge is 0.248 e. The molecule has 2 aromatic rings. The summed E-state index contributed by atoms with van der Waals surface area (Å²) in [5.41, 5.74) is 1.29. The Bertz CT molecular complexity index is 929. The lowest BCUT2D eigenvalue weighted by Gasteiger charge is -2.21. The van der Waals surface area contributed by atoms with Crippen molar-refractivity contribution in [2.24, 2.45) is 11.0 Å².